The number of nitrogens with zero attached hydrogens (tertiary/aromatic N) is 1. The van der Waals surface area contributed by atoms with Gasteiger partial charge in [0, 0.05) is 16.7 Å². The average molecular weight is 476 g/mol. The summed E-state index contributed by atoms with van der Waals surface area (Å²) in [6, 6.07) is 14.7. The van der Waals surface area contributed by atoms with Crippen molar-refractivity contribution in [2.24, 2.45) is 0 Å². The summed E-state index contributed by atoms with van der Waals surface area (Å²) in [6.45, 7) is 0. The molecule has 0 spiro atoms. The summed E-state index contributed by atoms with van der Waals surface area (Å²) in [6.07, 6.45) is 1.57. The molecule has 1 aliphatic heterocycles. The summed E-state index contributed by atoms with van der Waals surface area (Å²) >= 11 is 18.6. The molecule has 0 unspecified atom stereocenters. The number of carbonyl (C=O) groups excluding carboxylic acids is 1. The second-order valence-corrected chi connectivity index (χ2v) is 8.69. The van der Waals surface area contributed by atoms with Gasteiger partial charge in [0.25, 0.3) is 5.91 Å². The Morgan fingerprint density at radius 1 is 1.13 bits per heavy atom. The van der Waals surface area contributed by atoms with Gasteiger partial charge in [0.2, 0.25) is 0 Å². The first-order chi connectivity index (χ1) is 14.3. The minimum atomic E-state index is -1.05. The Morgan fingerprint density at radius 3 is 2.63 bits per heavy atom. The number of thioether (sulfide) groups is 1. The number of hydrogen-bond acceptors (Lipinski definition) is 5. The standard InChI is InChI=1S/C21H11Cl2NO4S2/c22-11-5-7-16(15(23)9-11)24-19(25)18(30-21(24)29)10-12-6-8-17(28-12)13-3-1-2-4-14(13)20(26)27/h1-10H,(H,26,27)/b18-10+. The van der Waals surface area contributed by atoms with E-state index < -0.39 is 5.97 Å². The number of thiocarbonyl (C=S) groups is 1. The molecule has 3 aromatic rings. The number of rotatable bonds is 4. The van der Waals surface area contributed by atoms with E-state index in [9.17, 15) is 14.7 Å². The molecule has 4 rings (SSSR count). The van der Waals surface area contributed by atoms with Gasteiger partial charge in [0.15, 0.2) is 4.32 Å². The molecule has 9 heteroatoms. The van der Waals surface area contributed by atoms with Gasteiger partial charge < -0.3 is 9.52 Å². The number of amides is 1. The largest absolute Gasteiger partial charge is 0.478 e. The van der Waals surface area contributed by atoms with Gasteiger partial charge in [-0.3, -0.25) is 9.69 Å². The van der Waals surface area contributed by atoms with Crippen LogP contribution in [0.1, 0.15) is 16.1 Å². The van der Waals surface area contributed by atoms with Crippen molar-refractivity contribution in [1.82, 2.24) is 0 Å². The van der Waals surface area contributed by atoms with E-state index in [1.165, 1.54) is 11.0 Å². The lowest BCUT2D eigenvalue weighted by Crippen LogP contribution is -2.27. The van der Waals surface area contributed by atoms with Crippen LogP contribution in [0.5, 0.6) is 0 Å². The van der Waals surface area contributed by atoms with Gasteiger partial charge in [0.05, 0.1) is 21.2 Å². The van der Waals surface area contributed by atoms with Crippen molar-refractivity contribution in [3.8, 4) is 11.3 Å². The Labute approximate surface area is 190 Å². The van der Waals surface area contributed by atoms with Gasteiger partial charge in [-0.15, -0.1) is 0 Å². The van der Waals surface area contributed by atoms with Crippen LogP contribution in [-0.2, 0) is 4.79 Å². The molecule has 5 nitrogen and oxygen atoms in total. The Balaban J connectivity index is 1.65. The second-order valence-electron chi connectivity index (χ2n) is 6.17. The molecule has 30 heavy (non-hydrogen) atoms. The lowest BCUT2D eigenvalue weighted by Gasteiger charge is -2.16. The normalized spacial score (nSPS) is 15.3. The van der Waals surface area contributed by atoms with E-state index in [2.05, 4.69) is 0 Å². The number of carboxylic acid groups (broad SMARTS) is 1. The van der Waals surface area contributed by atoms with Crippen molar-refractivity contribution in [2.75, 3.05) is 4.90 Å². The highest BCUT2D eigenvalue weighted by molar-refractivity contribution is 8.27. The number of benzene rings is 2. The lowest BCUT2D eigenvalue weighted by atomic mass is 10.1. The molecule has 1 amide bonds. The van der Waals surface area contributed by atoms with Crippen LogP contribution in [0.4, 0.5) is 5.69 Å². The van der Waals surface area contributed by atoms with E-state index in [4.69, 9.17) is 39.8 Å². The molecule has 0 atom stereocenters. The molecule has 0 saturated carbocycles. The van der Waals surface area contributed by atoms with E-state index in [0.717, 1.165) is 11.8 Å². The molecule has 0 aliphatic carbocycles. The fourth-order valence-electron chi connectivity index (χ4n) is 2.93. The number of hydrogen-bond donors (Lipinski definition) is 1. The van der Waals surface area contributed by atoms with Crippen LogP contribution in [0.2, 0.25) is 10.0 Å². The van der Waals surface area contributed by atoms with Crippen LogP contribution in [-0.4, -0.2) is 21.3 Å². The maximum absolute atomic E-state index is 12.9. The quantitative estimate of drug-likeness (QED) is 0.349. The zero-order valence-electron chi connectivity index (χ0n) is 15.0. The molecular weight excluding hydrogens is 465 g/mol. The fourth-order valence-corrected chi connectivity index (χ4v) is 4.68. The number of anilines is 1. The summed E-state index contributed by atoms with van der Waals surface area (Å²) in [5.41, 5.74) is 1.02. The van der Waals surface area contributed by atoms with Crippen molar-refractivity contribution < 1.29 is 19.1 Å². The highest BCUT2D eigenvalue weighted by Crippen LogP contribution is 2.40. The molecular formula is C21H11Cl2NO4S2. The maximum atomic E-state index is 12.9. The molecule has 1 fully saturated rings. The molecule has 0 radical (unpaired) electrons. The van der Waals surface area contributed by atoms with E-state index in [1.54, 1.807) is 54.6 Å². The van der Waals surface area contributed by atoms with Gasteiger partial charge in [-0.25, -0.2) is 4.79 Å². The predicted molar refractivity (Wildman–Crippen MR) is 123 cm³/mol. The average Bonchev–Trinajstić information content (AvgIpc) is 3.27. The summed E-state index contributed by atoms with van der Waals surface area (Å²) < 4.78 is 6.11. The first-order valence-electron chi connectivity index (χ1n) is 8.50. The van der Waals surface area contributed by atoms with Gasteiger partial charge >= 0.3 is 5.97 Å². The third kappa shape index (κ3) is 3.89. The summed E-state index contributed by atoms with van der Waals surface area (Å²) in [7, 11) is 0. The molecule has 1 saturated heterocycles. The van der Waals surface area contributed by atoms with Crippen molar-refractivity contribution in [2.45, 2.75) is 0 Å². The Bertz CT molecular complexity index is 1240. The third-order valence-electron chi connectivity index (χ3n) is 4.27. The van der Waals surface area contributed by atoms with Crippen molar-refractivity contribution in [3.63, 3.8) is 0 Å². The van der Waals surface area contributed by atoms with Gasteiger partial charge in [-0.05, 0) is 36.4 Å². The molecule has 1 aromatic heterocycles. The molecule has 150 valence electrons. The Kier molecular flexibility index (Phi) is 5.71. The van der Waals surface area contributed by atoms with E-state index in [1.807, 2.05) is 0 Å². The number of carboxylic acids is 1. The van der Waals surface area contributed by atoms with E-state index in [0.29, 0.717) is 42.0 Å². The molecule has 2 aromatic carbocycles. The van der Waals surface area contributed by atoms with Crippen molar-refractivity contribution in [1.29, 1.82) is 0 Å². The van der Waals surface area contributed by atoms with Gasteiger partial charge in [0.1, 0.15) is 11.5 Å². The van der Waals surface area contributed by atoms with Gasteiger partial charge in [-0.1, -0.05) is 65.4 Å². The first kappa shape index (κ1) is 20.7. The Hall–Kier alpha value is -2.58. The van der Waals surface area contributed by atoms with Gasteiger partial charge in [-0.2, -0.15) is 0 Å². The smallest absolute Gasteiger partial charge is 0.336 e. The topological polar surface area (TPSA) is 70.8 Å². The van der Waals surface area contributed by atoms with Crippen LogP contribution in [0, 0.1) is 0 Å². The SMILES string of the molecule is O=C(O)c1ccccc1-c1ccc(/C=C2/SC(=S)N(c3ccc(Cl)cc3Cl)C2=O)o1. The highest BCUT2D eigenvalue weighted by Gasteiger charge is 2.34. The number of furan rings is 1. The third-order valence-corrected chi connectivity index (χ3v) is 6.11. The minimum absolute atomic E-state index is 0.127. The van der Waals surface area contributed by atoms with Crippen LogP contribution >= 0.6 is 47.2 Å². The number of halogens is 2. The zero-order valence-corrected chi connectivity index (χ0v) is 18.1. The van der Waals surface area contributed by atoms with E-state index >= 15 is 0 Å². The minimum Gasteiger partial charge on any atom is -0.478 e. The van der Waals surface area contributed by atoms with Crippen LogP contribution in [0.3, 0.4) is 0 Å². The monoisotopic (exact) mass is 475 g/mol. The fraction of sp³-hybridized carbons (Fsp3) is 0. The van der Waals surface area contributed by atoms with Crippen molar-refractivity contribution in [3.05, 3.63) is 80.9 Å². The maximum Gasteiger partial charge on any atom is 0.336 e. The van der Waals surface area contributed by atoms with Crippen LogP contribution in [0.25, 0.3) is 17.4 Å². The molecule has 0 bridgehead atoms. The molecule has 1 aliphatic rings. The Morgan fingerprint density at radius 2 is 1.90 bits per heavy atom. The second kappa shape index (κ2) is 8.28. The van der Waals surface area contributed by atoms with E-state index in [-0.39, 0.29) is 11.5 Å². The lowest BCUT2D eigenvalue weighted by molar-refractivity contribution is -0.113. The van der Waals surface area contributed by atoms with Crippen LogP contribution < -0.4 is 4.90 Å². The van der Waals surface area contributed by atoms with Crippen LogP contribution in [0.15, 0.2) is 63.9 Å². The number of carbonyl (C=O) groups is 2. The summed E-state index contributed by atoms with van der Waals surface area (Å²) in [5.74, 6) is -0.606. The zero-order chi connectivity index (χ0) is 21.4. The first-order valence-corrected chi connectivity index (χ1v) is 10.5. The summed E-state index contributed by atoms with van der Waals surface area (Å²) in [4.78, 5) is 26.1. The molecule has 2 heterocycles. The highest BCUT2D eigenvalue weighted by atomic mass is 35.5. The predicted octanol–water partition coefficient (Wildman–Crippen LogP) is 6.36. The number of aromatic carboxylic acids is 1. The van der Waals surface area contributed by atoms with Crippen molar-refractivity contribution >= 4 is 75.1 Å². The molecule has 1 N–H and O–H groups in total. The summed E-state index contributed by atoms with van der Waals surface area (Å²) in [5, 5.41) is 10.1.